The molecule has 0 amide bonds. The molecule has 0 saturated carbocycles. The molecule has 1 N–H and O–H groups in total. The van der Waals surface area contributed by atoms with Gasteiger partial charge in [0.1, 0.15) is 5.82 Å². The van der Waals surface area contributed by atoms with Crippen molar-refractivity contribution < 1.29 is 9.13 Å². The molecule has 2 nitrogen and oxygen atoms in total. The highest BCUT2D eigenvalue weighted by atomic mass is 19.1. The fraction of sp³-hybridized carbons (Fsp3) is 0.600. The van der Waals surface area contributed by atoms with Crippen LogP contribution in [0, 0.1) is 5.82 Å². The fourth-order valence-electron chi connectivity index (χ4n) is 1.92. The minimum atomic E-state index is -0.195. The maximum absolute atomic E-state index is 13.4. The van der Waals surface area contributed by atoms with E-state index in [9.17, 15) is 4.39 Å². The Morgan fingerprint density at radius 1 is 1.28 bits per heavy atom. The van der Waals surface area contributed by atoms with E-state index in [1.165, 1.54) is 6.07 Å². The number of rotatable bonds is 8. The van der Waals surface area contributed by atoms with Crippen LogP contribution in [-0.2, 0) is 11.3 Å². The second-order valence-electron chi connectivity index (χ2n) is 4.58. The highest BCUT2D eigenvalue weighted by Crippen LogP contribution is 2.11. The molecule has 0 aromatic heterocycles. The van der Waals surface area contributed by atoms with Crippen LogP contribution in [0.1, 0.15) is 39.2 Å². The Balaban J connectivity index is 2.44. The molecule has 1 rings (SSSR count). The summed E-state index contributed by atoms with van der Waals surface area (Å²) in [5.74, 6) is -0.195. The number of hydrogen-bond acceptors (Lipinski definition) is 2. The Morgan fingerprint density at radius 3 is 2.61 bits per heavy atom. The van der Waals surface area contributed by atoms with Crippen LogP contribution in [-0.4, -0.2) is 18.7 Å². The van der Waals surface area contributed by atoms with E-state index < -0.39 is 0 Å². The van der Waals surface area contributed by atoms with Crippen LogP contribution in [0.3, 0.4) is 0 Å². The topological polar surface area (TPSA) is 21.3 Å². The second-order valence-corrected chi connectivity index (χ2v) is 4.58. The normalized spacial score (nSPS) is 14.4. The molecule has 1 aromatic carbocycles. The lowest BCUT2D eigenvalue weighted by Crippen LogP contribution is -2.39. The van der Waals surface area contributed by atoms with Crippen molar-refractivity contribution in [1.29, 1.82) is 0 Å². The van der Waals surface area contributed by atoms with E-state index in [4.69, 9.17) is 4.74 Å². The highest BCUT2D eigenvalue weighted by molar-refractivity contribution is 5.16. The smallest absolute Gasteiger partial charge is 0.128 e. The molecular weight excluding hydrogens is 229 g/mol. The molecule has 18 heavy (non-hydrogen) atoms. The van der Waals surface area contributed by atoms with Crippen LogP contribution in [0.2, 0.25) is 0 Å². The molecule has 0 radical (unpaired) electrons. The average Bonchev–Trinajstić information content (AvgIpc) is 2.38. The first kappa shape index (κ1) is 15.1. The molecule has 2 unspecified atom stereocenters. The summed E-state index contributed by atoms with van der Waals surface area (Å²) >= 11 is 0. The van der Waals surface area contributed by atoms with E-state index in [1.807, 2.05) is 13.0 Å². The molecule has 2 atom stereocenters. The van der Waals surface area contributed by atoms with Gasteiger partial charge >= 0.3 is 0 Å². The molecule has 0 saturated heterocycles. The van der Waals surface area contributed by atoms with Gasteiger partial charge < -0.3 is 10.1 Å². The van der Waals surface area contributed by atoms with Crippen molar-refractivity contribution >= 4 is 0 Å². The van der Waals surface area contributed by atoms with Crippen molar-refractivity contribution in [3.63, 3.8) is 0 Å². The maximum atomic E-state index is 13.4. The van der Waals surface area contributed by atoms with Crippen molar-refractivity contribution in [3.8, 4) is 0 Å². The van der Waals surface area contributed by atoms with E-state index in [-0.39, 0.29) is 11.9 Å². The number of halogens is 1. The molecule has 3 heteroatoms. The zero-order valence-electron chi connectivity index (χ0n) is 11.6. The summed E-state index contributed by atoms with van der Waals surface area (Å²) in [6, 6.07) is 7.09. The summed E-state index contributed by atoms with van der Waals surface area (Å²) in [5, 5.41) is 3.45. The Hall–Kier alpha value is -0.930. The standard InChI is InChI=1S/C15H24FNO/c1-4-10-17-15(5-2)12(3)18-11-13-8-6-7-9-14(13)16/h6-9,12,15,17H,4-5,10-11H2,1-3H3. The van der Waals surface area contributed by atoms with Crippen LogP contribution < -0.4 is 5.32 Å². The molecule has 0 bridgehead atoms. The quantitative estimate of drug-likeness (QED) is 0.765. The van der Waals surface area contributed by atoms with Crippen molar-refractivity contribution in [2.45, 2.75) is 52.4 Å². The first-order chi connectivity index (χ1) is 8.69. The predicted molar refractivity (Wildman–Crippen MR) is 73.0 cm³/mol. The number of ether oxygens (including phenoxy) is 1. The van der Waals surface area contributed by atoms with Crippen LogP contribution in [0.15, 0.2) is 24.3 Å². The molecule has 0 aliphatic carbocycles. The van der Waals surface area contributed by atoms with E-state index in [2.05, 4.69) is 19.2 Å². The molecule has 0 heterocycles. The van der Waals surface area contributed by atoms with Gasteiger partial charge in [-0.3, -0.25) is 0 Å². The Bertz CT molecular complexity index is 343. The summed E-state index contributed by atoms with van der Waals surface area (Å²) in [5.41, 5.74) is 0.620. The third-order valence-electron chi connectivity index (χ3n) is 3.12. The zero-order chi connectivity index (χ0) is 13.4. The Labute approximate surface area is 110 Å². The van der Waals surface area contributed by atoms with Gasteiger partial charge in [0.05, 0.1) is 12.7 Å². The van der Waals surface area contributed by atoms with Gasteiger partial charge in [0.15, 0.2) is 0 Å². The summed E-state index contributed by atoms with van der Waals surface area (Å²) in [6.45, 7) is 7.64. The molecule has 1 aromatic rings. The Kier molecular flexibility index (Phi) is 6.91. The first-order valence-electron chi connectivity index (χ1n) is 6.77. The first-order valence-corrected chi connectivity index (χ1v) is 6.77. The van der Waals surface area contributed by atoms with Gasteiger partial charge in [-0.25, -0.2) is 4.39 Å². The van der Waals surface area contributed by atoms with Crippen LogP contribution in [0.5, 0.6) is 0 Å². The largest absolute Gasteiger partial charge is 0.372 e. The van der Waals surface area contributed by atoms with Crippen molar-refractivity contribution in [3.05, 3.63) is 35.6 Å². The van der Waals surface area contributed by atoms with Gasteiger partial charge in [0.25, 0.3) is 0 Å². The SMILES string of the molecule is CCCNC(CC)C(C)OCc1ccccc1F. The Morgan fingerprint density at radius 2 is 2.00 bits per heavy atom. The van der Waals surface area contributed by atoms with Gasteiger partial charge in [-0.05, 0) is 32.4 Å². The van der Waals surface area contributed by atoms with E-state index in [0.29, 0.717) is 18.2 Å². The summed E-state index contributed by atoms with van der Waals surface area (Å²) in [4.78, 5) is 0. The molecule has 0 fully saturated rings. The monoisotopic (exact) mass is 253 g/mol. The molecule has 0 aliphatic heterocycles. The van der Waals surface area contributed by atoms with Gasteiger partial charge in [-0.2, -0.15) is 0 Å². The molecular formula is C15H24FNO. The predicted octanol–water partition coefficient (Wildman–Crippen LogP) is 3.51. The summed E-state index contributed by atoms with van der Waals surface area (Å²) < 4.78 is 19.2. The van der Waals surface area contributed by atoms with Crippen molar-refractivity contribution in [1.82, 2.24) is 5.32 Å². The van der Waals surface area contributed by atoms with Crippen LogP contribution in [0.4, 0.5) is 4.39 Å². The van der Waals surface area contributed by atoms with Gasteiger partial charge in [0.2, 0.25) is 0 Å². The molecule has 0 spiro atoms. The lowest BCUT2D eigenvalue weighted by Gasteiger charge is -2.24. The lowest BCUT2D eigenvalue weighted by molar-refractivity contribution is 0.0248. The van der Waals surface area contributed by atoms with Crippen LogP contribution >= 0.6 is 0 Å². The van der Waals surface area contributed by atoms with Gasteiger partial charge in [-0.15, -0.1) is 0 Å². The lowest BCUT2D eigenvalue weighted by atomic mass is 10.1. The van der Waals surface area contributed by atoms with Crippen molar-refractivity contribution in [2.24, 2.45) is 0 Å². The van der Waals surface area contributed by atoms with Crippen molar-refractivity contribution in [2.75, 3.05) is 6.54 Å². The van der Waals surface area contributed by atoms with E-state index in [0.717, 1.165) is 19.4 Å². The minimum absolute atomic E-state index is 0.0844. The maximum Gasteiger partial charge on any atom is 0.128 e. The van der Waals surface area contributed by atoms with E-state index in [1.54, 1.807) is 12.1 Å². The van der Waals surface area contributed by atoms with E-state index >= 15 is 0 Å². The highest BCUT2D eigenvalue weighted by Gasteiger charge is 2.15. The number of hydrogen-bond donors (Lipinski definition) is 1. The van der Waals surface area contributed by atoms with Crippen LogP contribution in [0.25, 0.3) is 0 Å². The zero-order valence-corrected chi connectivity index (χ0v) is 11.6. The molecule has 0 aliphatic rings. The summed E-state index contributed by atoms with van der Waals surface area (Å²) in [6.07, 6.45) is 2.20. The average molecular weight is 253 g/mol. The van der Waals surface area contributed by atoms with Gasteiger partial charge in [-0.1, -0.05) is 32.0 Å². The number of nitrogens with one attached hydrogen (secondary N) is 1. The minimum Gasteiger partial charge on any atom is -0.372 e. The third-order valence-corrected chi connectivity index (χ3v) is 3.12. The number of benzene rings is 1. The molecule has 102 valence electrons. The third kappa shape index (κ3) is 4.75. The summed E-state index contributed by atoms with van der Waals surface area (Å²) in [7, 11) is 0. The fourth-order valence-corrected chi connectivity index (χ4v) is 1.92. The second kappa shape index (κ2) is 8.22. The van der Waals surface area contributed by atoms with Gasteiger partial charge in [0, 0.05) is 11.6 Å².